The van der Waals surface area contributed by atoms with Gasteiger partial charge in [-0.15, -0.1) is 13.2 Å². The first-order chi connectivity index (χ1) is 28.3. The van der Waals surface area contributed by atoms with Gasteiger partial charge < -0.3 is 28.3 Å². The molecule has 0 radical (unpaired) electrons. The summed E-state index contributed by atoms with van der Waals surface area (Å²) in [5.74, 6) is 0.850. The van der Waals surface area contributed by atoms with Crippen molar-refractivity contribution in [1.29, 1.82) is 0 Å². The smallest absolute Gasteiger partial charge is 0.367 e. The van der Waals surface area contributed by atoms with Crippen molar-refractivity contribution in [2.75, 3.05) is 26.9 Å². The van der Waals surface area contributed by atoms with Crippen molar-refractivity contribution in [1.82, 2.24) is 0 Å². The van der Waals surface area contributed by atoms with E-state index in [1.54, 1.807) is 6.92 Å². The number of ether oxygens (including phenoxy) is 2. The molecule has 0 spiro atoms. The fourth-order valence-electron chi connectivity index (χ4n) is 6.45. The summed E-state index contributed by atoms with van der Waals surface area (Å²) in [6, 6.07) is 21.1. The molecule has 10 nitrogen and oxygen atoms in total. The molecule has 0 saturated carbocycles. The maximum absolute atomic E-state index is 12.6. The van der Waals surface area contributed by atoms with Crippen LogP contribution in [-0.2, 0) is 37.2 Å². The quantitative estimate of drug-likeness (QED) is 0.0481. The van der Waals surface area contributed by atoms with Gasteiger partial charge in [-0.3, -0.25) is 18.7 Å². The van der Waals surface area contributed by atoms with Gasteiger partial charge in [0.15, 0.2) is 12.7 Å². The molecule has 0 amide bonds. The predicted octanol–water partition coefficient (Wildman–Crippen LogP) is 12.9. The van der Waals surface area contributed by atoms with Gasteiger partial charge in [0.1, 0.15) is 0 Å². The van der Waals surface area contributed by atoms with Crippen LogP contribution in [0.2, 0.25) is 0 Å². The van der Waals surface area contributed by atoms with Crippen LogP contribution in [0.15, 0.2) is 110 Å². The van der Waals surface area contributed by atoms with Gasteiger partial charge >= 0.3 is 27.1 Å². The van der Waals surface area contributed by atoms with E-state index in [1.165, 1.54) is 25.3 Å². The molecular formula is C48H74O10P2. The van der Waals surface area contributed by atoms with Gasteiger partial charge in [-0.05, 0) is 113 Å². The summed E-state index contributed by atoms with van der Waals surface area (Å²) in [7, 11) is -5.18. The summed E-state index contributed by atoms with van der Waals surface area (Å²) in [6.45, 7) is 19.6. The van der Waals surface area contributed by atoms with E-state index in [1.807, 2.05) is 51.1 Å². The number of carbonyl (C=O) groups excluding carboxylic acids is 2. The van der Waals surface area contributed by atoms with Gasteiger partial charge in [-0.1, -0.05) is 125 Å². The molecule has 0 fully saturated rings. The van der Waals surface area contributed by atoms with Crippen LogP contribution in [-0.4, -0.2) is 48.6 Å². The SMILES string of the molecule is C=CC(C)CC(CC/C=C\CC(C)(CC)C(=O)OCP(=O)(O)O)c1ccccc1.C=CC(C)CC(CC/C=C\CC(C)(CC)C(=O)OCP(=O)(OC)OC)c1ccccc1. The number of hydrogen-bond donors (Lipinski definition) is 2. The van der Waals surface area contributed by atoms with Crippen LogP contribution in [0.5, 0.6) is 0 Å². The lowest BCUT2D eigenvalue weighted by Gasteiger charge is -2.25. The zero-order valence-electron chi connectivity index (χ0n) is 37.5. The normalized spacial score (nSPS) is 16.0. The van der Waals surface area contributed by atoms with Gasteiger partial charge in [0, 0.05) is 14.2 Å². The monoisotopic (exact) mass is 872 g/mol. The van der Waals surface area contributed by atoms with Crippen LogP contribution in [0.1, 0.15) is 129 Å². The molecule has 0 aliphatic rings. The summed E-state index contributed by atoms with van der Waals surface area (Å²) >= 11 is 0. The van der Waals surface area contributed by atoms with E-state index in [2.05, 4.69) is 93.8 Å². The molecule has 60 heavy (non-hydrogen) atoms. The predicted molar refractivity (Wildman–Crippen MR) is 245 cm³/mol. The summed E-state index contributed by atoms with van der Waals surface area (Å²) < 4.78 is 42.8. The number of rotatable bonds is 28. The van der Waals surface area contributed by atoms with Crippen molar-refractivity contribution in [2.45, 2.75) is 118 Å². The largest absolute Gasteiger partial charge is 0.452 e. The number of hydrogen-bond acceptors (Lipinski definition) is 8. The van der Waals surface area contributed by atoms with E-state index in [9.17, 15) is 18.7 Å². The molecule has 336 valence electrons. The van der Waals surface area contributed by atoms with Gasteiger partial charge in [0.05, 0.1) is 10.8 Å². The molecule has 2 aromatic rings. The molecular weight excluding hydrogens is 798 g/mol. The zero-order chi connectivity index (χ0) is 45.2. The molecule has 6 atom stereocenters. The molecule has 2 aromatic carbocycles. The first-order valence-electron chi connectivity index (χ1n) is 21.1. The molecule has 0 aliphatic carbocycles. The minimum atomic E-state index is -4.36. The number of carbonyl (C=O) groups is 2. The lowest BCUT2D eigenvalue weighted by Crippen LogP contribution is -2.29. The topological polar surface area (TPSA) is 146 Å². The second kappa shape index (κ2) is 28.3. The Morgan fingerprint density at radius 1 is 0.667 bits per heavy atom. The average Bonchev–Trinajstić information content (AvgIpc) is 3.26. The molecule has 2 N–H and O–H groups in total. The fraction of sp³-hybridized carbons (Fsp3) is 0.542. The lowest BCUT2D eigenvalue weighted by molar-refractivity contribution is -0.154. The molecule has 0 bridgehead atoms. The molecule has 12 heteroatoms. The summed E-state index contributed by atoms with van der Waals surface area (Å²) in [5.41, 5.74) is 1.21. The second-order valence-electron chi connectivity index (χ2n) is 16.2. The standard InChI is InChI=1S/C25H39O5P.C23H35O5P/c1-7-21(3)19-23(22-15-11-9-12-16-22)17-13-10-14-18-25(4,8-2)24(26)30-20-31(27,28-5)29-6;1-5-19(3)17-21(20-13-9-7-10-14-20)15-11-8-12-16-23(4,6-2)22(24)28-18-29(25,26)27/h7,9-12,14-16,21,23H,1,8,13,17-20H2,2-6H3;5,7-10,12-14,19,21H,1,6,11,15-18H2,2-4H3,(H2,25,26,27)/b14-10-;12-8-. The van der Waals surface area contributed by atoms with Crippen molar-refractivity contribution in [3.8, 4) is 0 Å². The number of benzene rings is 2. The van der Waals surface area contributed by atoms with Crippen LogP contribution in [0.3, 0.4) is 0 Å². The first kappa shape index (κ1) is 54.7. The Balaban J connectivity index is 0.000000601. The third-order valence-electron chi connectivity index (χ3n) is 11.3. The van der Waals surface area contributed by atoms with E-state index in [-0.39, 0.29) is 6.35 Å². The van der Waals surface area contributed by atoms with Crippen LogP contribution in [0.4, 0.5) is 0 Å². The summed E-state index contributed by atoms with van der Waals surface area (Å²) in [5, 5.41) is 0. The fourth-order valence-corrected chi connectivity index (χ4v) is 7.37. The molecule has 2 rings (SSSR count). The van der Waals surface area contributed by atoms with Crippen LogP contribution in [0, 0.1) is 22.7 Å². The van der Waals surface area contributed by atoms with Crippen LogP contribution in [0.25, 0.3) is 0 Å². The molecule has 6 unspecified atom stereocenters. The average molecular weight is 873 g/mol. The van der Waals surface area contributed by atoms with Crippen molar-refractivity contribution >= 4 is 27.1 Å². The third kappa shape index (κ3) is 20.9. The highest BCUT2D eigenvalue weighted by Crippen LogP contribution is 2.47. The van der Waals surface area contributed by atoms with E-state index in [4.69, 9.17) is 28.3 Å². The Morgan fingerprint density at radius 3 is 1.35 bits per heavy atom. The van der Waals surface area contributed by atoms with Crippen molar-refractivity contribution in [2.24, 2.45) is 22.7 Å². The zero-order valence-corrected chi connectivity index (χ0v) is 39.3. The highest BCUT2D eigenvalue weighted by atomic mass is 31.2. The summed E-state index contributed by atoms with van der Waals surface area (Å²) in [4.78, 5) is 42.6. The number of esters is 2. The van der Waals surface area contributed by atoms with Gasteiger partial charge in [0.25, 0.3) is 0 Å². The second-order valence-corrected chi connectivity index (χ2v) is 20.0. The Hall–Kier alpha value is -3.36. The Morgan fingerprint density at radius 2 is 1.03 bits per heavy atom. The molecule has 0 aliphatic heterocycles. The minimum absolute atomic E-state index is 0.377. The molecule has 0 saturated heterocycles. The van der Waals surface area contributed by atoms with E-state index in [0.29, 0.717) is 49.4 Å². The number of allylic oxidation sites excluding steroid dienone is 6. The van der Waals surface area contributed by atoms with E-state index >= 15 is 0 Å². The van der Waals surface area contributed by atoms with Gasteiger partial charge in [-0.2, -0.15) is 0 Å². The van der Waals surface area contributed by atoms with Crippen molar-refractivity contribution in [3.63, 3.8) is 0 Å². The molecule has 0 heterocycles. The Kier molecular flexibility index (Phi) is 25.8. The minimum Gasteiger partial charge on any atom is -0.452 e. The summed E-state index contributed by atoms with van der Waals surface area (Å²) in [6.07, 6.45) is 19.2. The van der Waals surface area contributed by atoms with E-state index in [0.717, 1.165) is 38.5 Å². The van der Waals surface area contributed by atoms with Crippen molar-refractivity contribution < 1.29 is 47.0 Å². The molecule has 0 aromatic heterocycles. The third-order valence-corrected chi connectivity index (χ3v) is 13.3. The van der Waals surface area contributed by atoms with Crippen molar-refractivity contribution in [3.05, 3.63) is 121 Å². The highest BCUT2D eigenvalue weighted by molar-refractivity contribution is 7.53. The van der Waals surface area contributed by atoms with E-state index < -0.39 is 44.3 Å². The Labute approximate surface area is 361 Å². The maximum Gasteiger partial charge on any atom is 0.367 e. The van der Waals surface area contributed by atoms with Gasteiger partial charge in [0.2, 0.25) is 0 Å². The van der Waals surface area contributed by atoms with Gasteiger partial charge in [-0.25, -0.2) is 0 Å². The highest BCUT2D eigenvalue weighted by Gasteiger charge is 2.35. The van der Waals surface area contributed by atoms with Crippen LogP contribution >= 0.6 is 15.2 Å². The Bertz CT molecular complexity index is 1700. The maximum atomic E-state index is 12.6. The first-order valence-corrected chi connectivity index (χ1v) is 24.6. The lowest BCUT2D eigenvalue weighted by atomic mass is 9.83. The van der Waals surface area contributed by atoms with Crippen LogP contribution < -0.4 is 0 Å².